The molecule has 0 aliphatic rings. The molecule has 25 heavy (non-hydrogen) atoms. The zero-order chi connectivity index (χ0) is 17.6. The first-order valence-corrected chi connectivity index (χ1v) is 9.34. The van der Waals surface area contributed by atoms with Crippen molar-refractivity contribution in [2.24, 2.45) is 0 Å². The molecule has 0 radical (unpaired) electrons. The van der Waals surface area contributed by atoms with E-state index in [1.807, 2.05) is 42.5 Å². The van der Waals surface area contributed by atoms with Gasteiger partial charge in [0, 0.05) is 16.7 Å². The Labute approximate surface area is 163 Å². The van der Waals surface area contributed by atoms with Crippen LogP contribution in [0.3, 0.4) is 0 Å². The topological polar surface area (TPSA) is 21.3 Å². The SMILES string of the molecule is Fc1ccc(COc2ccc(CNc3ccc(Br)cc3)cc2Br)cc1. The minimum atomic E-state index is -0.243. The fraction of sp³-hybridized carbons (Fsp3) is 0.100. The van der Waals surface area contributed by atoms with E-state index in [9.17, 15) is 4.39 Å². The quantitative estimate of drug-likeness (QED) is 0.447. The largest absolute Gasteiger partial charge is 0.488 e. The van der Waals surface area contributed by atoms with E-state index >= 15 is 0 Å². The summed E-state index contributed by atoms with van der Waals surface area (Å²) in [4.78, 5) is 0. The number of hydrogen-bond donors (Lipinski definition) is 1. The summed E-state index contributed by atoms with van der Waals surface area (Å²) >= 11 is 6.98. The Morgan fingerprint density at radius 2 is 1.52 bits per heavy atom. The highest BCUT2D eigenvalue weighted by atomic mass is 79.9. The van der Waals surface area contributed by atoms with Gasteiger partial charge in [-0.2, -0.15) is 0 Å². The molecule has 2 nitrogen and oxygen atoms in total. The summed E-state index contributed by atoms with van der Waals surface area (Å²) in [7, 11) is 0. The van der Waals surface area contributed by atoms with E-state index in [-0.39, 0.29) is 5.82 Å². The second kappa shape index (κ2) is 8.50. The maximum Gasteiger partial charge on any atom is 0.134 e. The van der Waals surface area contributed by atoms with E-state index in [0.29, 0.717) is 6.61 Å². The monoisotopic (exact) mass is 463 g/mol. The molecule has 0 aliphatic heterocycles. The molecule has 0 saturated carbocycles. The highest BCUT2D eigenvalue weighted by molar-refractivity contribution is 9.10. The lowest BCUT2D eigenvalue weighted by molar-refractivity contribution is 0.304. The van der Waals surface area contributed by atoms with Gasteiger partial charge in [-0.1, -0.05) is 34.1 Å². The number of ether oxygens (including phenoxy) is 1. The number of benzene rings is 3. The van der Waals surface area contributed by atoms with Crippen molar-refractivity contribution in [1.82, 2.24) is 0 Å². The summed E-state index contributed by atoms with van der Waals surface area (Å²) < 4.78 is 20.7. The standard InChI is InChI=1S/C20H16Br2FNO/c21-16-4-8-18(9-5-16)24-12-15-3-10-20(19(22)11-15)25-13-14-1-6-17(23)7-2-14/h1-11,24H,12-13H2. The molecule has 3 aromatic rings. The van der Waals surface area contributed by atoms with Gasteiger partial charge in [0.05, 0.1) is 4.47 Å². The third-order valence-corrected chi connectivity index (χ3v) is 4.79. The maximum absolute atomic E-state index is 12.9. The van der Waals surface area contributed by atoms with Crippen LogP contribution in [0.25, 0.3) is 0 Å². The second-order valence-electron chi connectivity index (χ2n) is 5.54. The first-order valence-electron chi connectivity index (χ1n) is 7.75. The van der Waals surface area contributed by atoms with Gasteiger partial charge in [-0.15, -0.1) is 0 Å². The fourth-order valence-electron chi connectivity index (χ4n) is 2.28. The molecule has 0 amide bonds. The Balaban J connectivity index is 1.58. The van der Waals surface area contributed by atoms with Crippen LogP contribution in [0, 0.1) is 5.82 Å². The van der Waals surface area contributed by atoms with Gasteiger partial charge in [0.25, 0.3) is 0 Å². The normalized spacial score (nSPS) is 10.5. The van der Waals surface area contributed by atoms with E-state index in [2.05, 4.69) is 37.2 Å². The van der Waals surface area contributed by atoms with E-state index in [4.69, 9.17) is 4.74 Å². The lowest BCUT2D eigenvalue weighted by Crippen LogP contribution is -2.00. The van der Waals surface area contributed by atoms with Crippen molar-refractivity contribution in [2.75, 3.05) is 5.32 Å². The van der Waals surface area contributed by atoms with Gasteiger partial charge >= 0.3 is 0 Å². The van der Waals surface area contributed by atoms with Gasteiger partial charge in [0.1, 0.15) is 18.2 Å². The molecule has 1 N–H and O–H groups in total. The second-order valence-corrected chi connectivity index (χ2v) is 7.31. The van der Waals surface area contributed by atoms with Crippen molar-refractivity contribution in [2.45, 2.75) is 13.2 Å². The average molecular weight is 465 g/mol. The van der Waals surface area contributed by atoms with Gasteiger partial charge in [0.15, 0.2) is 0 Å². The smallest absolute Gasteiger partial charge is 0.134 e. The van der Waals surface area contributed by atoms with Crippen LogP contribution in [0.15, 0.2) is 75.7 Å². The summed E-state index contributed by atoms with van der Waals surface area (Å²) in [5, 5.41) is 3.38. The Morgan fingerprint density at radius 1 is 0.840 bits per heavy atom. The van der Waals surface area contributed by atoms with E-state index < -0.39 is 0 Å². The van der Waals surface area contributed by atoms with Crippen LogP contribution in [-0.2, 0) is 13.2 Å². The van der Waals surface area contributed by atoms with Crippen LogP contribution in [0.1, 0.15) is 11.1 Å². The zero-order valence-corrected chi connectivity index (χ0v) is 16.5. The number of anilines is 1. The summed E-state index contributed by atoms with van der Waals surface area (Å²) in [6.45, 7) is 1.12. The van der Waals surface area contributed by atoms with Crippen LogP contribution in [0.4, 0.5) is 10.1 Å². The summed E-state index contributed by atoms with van der Waals surface area (Å²) in [6.07, 6.45) is 0. The first kappa shape index (κ1) is 18.0. The van der Waals surface area contributed by atoms with Crippen molar-refractivity contribution >= 4 is 37.5 Å². The third-order valence-electron chi connectivity index (χ3n) is 3.64. The van der Waals surface area contributed by atoms with Gasteiger partial charge < -0.3 is 10.1 Å². The summed E-state index contributed by atoms with van der Waals surface area (Å²) in [6, 6.07) is 20.4. The molecule has 3 aromatic carbocycles. The van der Waals surface area contributed by atoms with Gasteiger partial charge in [-0.3, -0.25) is 0 Å². The highest BCUT2D eigenvalue weighted by Gasteiger charge is 2.04. The maximum atomic E-state index is 12.9. The van der Waals surface area contributed by atoms with Gasteiger partial charge in [0.2, 0.25) is 0 Å². The van der Waals surface area contributed by atoms with E-state index in [1.165, 1.54) is 12.1 Å². The number of halogens is 3. The number of hydrogen-bond acceptors (Lipinski definition) is 2. The molecule has 0 atom stereocenters. The lowest BCUT2D eigenvalue weighted by atomic mass is 10.2. The minimum Gasteiger partial charge on any atom is -0.488 e. The van der Waals surface area contributed by atoms with E-state index in [1.54, 1.807) is 12.1 Å². The molecule has 0 fully saturated rings. The molecule has 0 bridgehead atoms. The Kier molecular flexibility index (Phi) is 6.10. The van der Waals surface area contributed by atoms with Crippen LogP contribution in [-0.4, -0.2) is 0 Å². The Morgan fingerprint density at radius 3 is 2.20 bits per heavy atom. The highest BCUT2D eigenvalue weighted by Crippen LogP contribution is 2.27. The van der Waals surface area contributed by atoms with Crippen LogP contribution in [0.2, 0.25) is 0 Å². The Hall–Kier alpha value is -1.85. The Bertz CT molecular complexity index is 835. The van der Waals surface area contributed by atoms with Crippen molar-refractivity contribution in [1.29, 1.82) is 0 Å². The molecule has 0 saturated heterocycles. The predicted molar refractivity (Wildman–Crippen MR) is 106 cm³/mol. The molecule has 0 spiro atoms. The summed E-state index contributed by atoms with van der Waals surface area (Å²) in [5.74, 6) is 0.518. The van der Waals surface area contributed by atoms with Crippen LogP contribution >= 0.6 is 31.9 Å². The molecule has 128 valence electrons. The third kappa shape index (κ3) is 5.31. The van der Waals surface area contributed by atoms with Gasteiger partial charge in [-0.05, 0) is 75.6 Å². The molecule has 0 heterocycles. The average Bonchev–Trinajstić information content (AvgIpc) is 2.62. The number of nitrogens with one attached hydrogen (secondary N) is 1. The van der Waals surface area contributed by atoms with Gasteiger partial charge in [-0.25, -0.2) is 4.39 Å². The lowest BCUT2D eigenvalue weighted by Gasteiger charge is -2.11. The number of rotatable bonds is 6. The molecule has 0 unspecified atom stereocenters. The molecule has 5 heteroatoms. The summed E-state index contributed by atoms with van der Waals surface area (Å²) in [5.41, 5.74) is 3.13. The first-order chi connectivity index (χ1) is 12.1. The molecule has 0 aliphatic carbocycles. The van der Waals surface area contributed by atoms with Crippen molar-refractivity contribution in [3.8, 4) is 5.75 Å². The van der Waals surface area contributed by atoms with E-state index in [0.717, 1.165) is 38.1 Å². The molecule has 3 rings (SSSR count). The molecular formula is C20H16Br2FNO. The molecular weight excluding hydrogens is 449 g/mol. The van der Waals surface area contributed by atoms with Crippen molar-refractivity contribution in [3.63, 3.8) is 0 Å². The van der Waals surface area contributed by atoms with Crippen LogP contribution < -0.4 is 10.1 Å². The molecule has 0 aromatic heterocycles. The van der Waals surface area contributed by atoms with Crippen molar-refractivity contribution in [3.05, 3.63) is 92.6 Å². The zero-order valence-electron chi connectivity index (χ0n) is 13.3. The predicted octanol–water partition coefficient (Wildman–Crippen LogP) is 6.54. The minimum absolute atomic E-state index is 0.243. The van der Waals surface area contributed by atoms with Crippen molar-refractivity contribution < 1.29 is 9.13 Å². The fourth-order valence-corrected chi connectivity index (χ4v) is 3.09. The van der Waals surface area contributed by atoms with Crippen LogP contribution in [0.5, 0.6) is 5.75 Å².